The monoisotopic (exact) mass is 372 g/mol. The van der Waals surface area contributed by atoms with E-state index in [0.717, 1.165) is 5.56 Å². The SMILES string of the molecule is COc1ccc(Cl)cc1NC(=O)/C=C/c1ccc(OCC#N)c(OC)c1. The normalized spacial score (nSPS) is 10.2. The number of halogens is 1. The van der Waals surface area contributed by atoms with Gasteiger partial charge >= 0.3 is 0 Å². The van der Waals surface area contributed by atoms with Gasteiger partial charge < -0.3 is 19.5 Å². The van der Waals surface area contributed by atoms with Crippen molar-refractivity contribution in [1.82, 2.24) is 0 Å². The first-order valence-corrected chi connectivity index (χ1v) is 7.95. The van der Waals surface area contributed by atoms with E-state index in [1.807, 2.05) is 6.07 Å². The number of nitriles is 1. The molecule has 0 fully saturated rings. The van der Waals surface area contributed by atoms with Gasteiger partial charge in [-0.1, -0.05) is 17.7 Å². The molecule has 0 unspecified atom stereocenters. The molecule has 1 amide bonds. The van der Waals surface area contributed by atoms with E-state index >= 15 is 0 Å². The van der Waals surface area contributed by atoms with Crippen molar-refractivity contribution in [1.29, 1.82) is 5.26 Å². The molecule has 0 spiro atoms. The average molecular weight is 373 g/mol. The highest BCUT2D eigenvalue weighted by atomic mass is 35.5. The highest BCUT2D eigenvalue weighted by molar-refractivity contribution is 6.31. The molecular formula is C19H17ClN2O4. The Labute approximate surface area is 156 Å². The van der Waals surface area contributed by atoms with Crippen molar-refractivity contribution in [2.45, 2.75) is 0 Å². The molecule has 2 aromatic rings. The standard InChI is InChI=1S/C19H17ClN2O4/c1-24-16-7-5-14(20)12-15(16)22-19(23)8-4-13-3-6-17(26-10-9-21)18(11-13)25-2/h3-8,11-12H,10H2,1-2H3,(H,22,23)/b8-4+. The molecule has 0 atom stereocenters. The fourth-order valence-electron chi connectivity index (χ4n) is 2.14. The molecule has 0 aromatic heterocycles. The Morgan fingerprint density at radius 2 is 1.88 bits per heavy atom. The molecule has 0 heterocycles. The van der Waals surface area contributed by atoms with Crippen molar-refractivity contribution in [2.24, 2.45) is 0 Å². The lowest BCUT2D eigenvalue weighted by molar-refractivity contribution is -0.111. The molecule has 0 aliphatic rings. The van der Waals surface area contributed by atoms with Gasteiger partial charge in [-0.15, -0.1) is 0 Å². The van der Waals surface area contributed by atoms with Crippen LogP contribution in [-0.4, -0.2) is 26.7 Å². The van der Waals surface area contributed by atoms with Gasteiger partial charge in [0.15, 0.2) is 18.1 Å². The number of ether oxygens (including phenoxy) is 3. The molecule has 6 nitrogen and oxygen atoms in total. The van der Waals surface area contributed by atoms with Crippen LogP contribution in [0.25, 0.3) is 6.08 Å². The Hall–Kier alpha value is -3.17. The smallest absolute Gasteiger partial charge is 0.248 e. The second kappa shape index (κ2) is 9.35. The van der Waals surface area contributed by atoms with Gasteiger partial charge in [0.1, 0.15) is 11.8 Å². The van der Waals surface area contributed by atoms with E-state index < -0.39 is 0 Å². The number of amides is 1. The Balaban J connectivity index is 2.11. The zero-order valence-electron chi connectivity index (χ0n) is 14.3. The molecule has 26 heavy (non-hydrogen) atoms. The van der Waals surface area contributed by atoms with Crippen molar-refractivity contribution in [3.05, 3.63) is 53.1 Å². The van der Waals surface area contributed by atoms with Gasteiger partial charge in [-0.05, 0) is 42.0 Å². The Kier molecular flexibility index (Phi) is 6.89. The minimum absolute atomic E-state index is 0.0740. The lowest BCUT2D eigenvalue weighted by atomic mass is 10.2. The van der Waals surface area contributed by atoms with Crippen LogP contribution in [0.3, 0.4) is 0 Å². The molecule has 0 aliphatic carbocycles. The number of rotatable bonds is 7. The summed E-state index contributed by atoms with van der Waals surface area (Å²) in [6.07, 6.45) is 3.01. The van der Waals surface area contributed by atoms with Crippen LogP contribution in [0.5, 0.6) is 17.2 Å². The molecule has 2 rings (SSSR count). The van der Waals surface area contributed by atoms with Gasteiger partial charge in [0.25, 0.3) is 0 Å². The molecule has 0 saturated carbocycles. The summed E-state index contributed by atoms with van der Waals surface area (Å²) in [6.45, 7) is -0.0740. The largest absolute Gasteiger partial charge is 0.495 e. The lowest BCUT2D eigenvalue weighted by Crippen LogP contribution is -2.08. The highest BCUT2D eigenvalue weighted by Gasteiger charge is 2.07. The van der Waals surface area contributed by atoms with Gasteiger partial charge in [0.2, 0.25) is 5.91 Å². The van der Waals surface area contributed by atoms with Crippen LogP contribution in [-0.2, 0) is 4.79 Å². The number of carbonyl (C=O) groups is 1. The first kappa shape index (κ1) is 19.2. The number of methoxy groups -OCH3 is 2. The number of hydrogen-bond acceptors (Lipinski definition) is 5. The maximum absolute atomic E-state index is 12.1. The van der Waals surface area contributed by atoms with Gasteiger partial charge in [0, 0.05) is 11.1 Å². The summed E-state index contributed by atoms with van der Waals surface area (Å²) >= 11 is 5.94. The third kappa shape index (κ3) is 5.16. The van der Waals surface area contributed by atoms with Crippen LogP contribution in [0.2, 0.25) is 5.02 Å². The zero-order valence-corrected chi connectivity index (χ0v) is 15.0. The number of carbonyl (C=O) groups excluding carboxylic acids is 1. The summed E-state index contributed by atoms with van der Waals surface area (Å²) in [5.41, 5.74) is 1.21. The second-order valence-electron chi connectivity index (χ2n) is 5.02. The highest BCUT2D eigenvalue weighted by Crippen LogP contribution is 2.29. The van der Waals surface area contributed by atoms with Crippen molar-refractivity contribution in [3.8, 4) is 23.3 Å². The van der Waals surface area contributed by atoms with Gasteiger partial charge in [-0.25, -0.2) is 0 Å². The number of benzene rings is 2. The molecule has 0 radical (unpaired) electrons. The van der Waals surface area contributed by atoms with Crippen molar-refractivity contribution in [2.75, 3.05) is 26.1 Å². The molecule has 0 aliphatic heterocycles. The number of nitrogens with zero attached hydrogens (tertiary/aromatic N) is 1. The van der Waals surface area contributed by atoms with Gasteiger partial charge in [-0.3, -0.25) is 4.79 Å². The minimum atomic E-state index is -0.339. The third-order valence-corrected chi connectivity index (χ3v) is 3.56. The van der Waals surface area contributed by atoms with Crippen LogP contribution in [0.1, 0.15) is 5.56 Å². The number of anilines is 1. The summed E-state index contributed by atoms with van der Waals surface area (Å²) < 4.78 is 15.7. The third-order valence-electron chi connectivity index (χ3n) is 3.33. The molecule has 2 aromatic carbocycles. The fourth-order valence-corrected chi connectivity index (χ4v) is 2.31. The maximum Gasteiger partial charge on any atom is 0.248 e. The Morgan fingerprint density at radius 1 is 1.15 bits per heavy atom. The average Bonchev–Trinajstić information content (AvgIpc) is 2.65. The number of nitrogens with one attached hydrogen (secondary N) is 1. The molecule has 0 bridgehead atoms. The Bertz CT molecular complexity index is 859. The topological polar surface area (TPSA) is 80.6 Å². The Morgan fingerprint density at radius 3 is 2.58 bits per heavy atom. The van der Waals surface area contributed by atoms with Crippen LogP contribution < -0.4 is 19.5 Å². The summed E-state index contributed by atoms with van der Waals surface area (Å²) in [5.74, 6) is 1.10. The van der Waals surface area contributed by atoms with E-state index in [2.05, 4.69) is 5.32 Å². The second-order valence-corrected chi connectivity index (χ2v) is 5.46. The zero-order chi connectivity index (χ0) is 18.9. The van der Waals surface area contributed by atoms with E-state index in [1.54, 1.807) is 42.5 Å². The quantitative estimate of drug-likeness (QED) is 0.745. The first-order valence-electron chi connectivity index (χ1n) is 7.57. The summed E-state index contributed by atoms with van der Waals surface area (Å²) in [6, 6.07) is 12.0. The van der Waals surface area contributed by atoms with E-state index in [0.29, 0.717) is 28.0 Å². The predicted octanol–water partition coefficient (Wildman–Crippen LogP) is 3.91. The summed E-state index contributed by atoms with van der Waals surface area (Å²) in [4.78, 5) is 12.1. The van der Waals surface area contributed by atoms with Crippen molar-refractivity contribution in [3.63, 3.8) is 0 Å². The minimum Gasteiger partial charge on any atom is -0.495 e. The van der Waals surface area contributed by atoms with Crippen molar-refractivity contribution < 1.29 is 19.0 Å². The van der Waals surface area contributed by atoms with Crippen LogP contribution in [0, 0.1) is 11.3 Å². The van der Waals surface area contributed by atoms with E-state index in [-0.39, 0.29) is 12.5 Å². The summed E-state index contributed by atoms with van der Waals surface area (Å²) in [5, 5.41) is 11.8. The molecule has 7 heteroatoms. The molecule has 134 valence electrons. The van der Waals surface area contributed by atoms with Crippen LogP contribution >= 0.6 is 11.6 Å². The van der Waals surface area contributed by atoms with Gasteiger partial charge in [0.05, 0.1) is 19.9 Å². The first-order chi connectivity index (χ1) is 12.6. The van der Waals surface area contributed by atoms with Crippen molar-refractivity contribution >= 4 is 29.3 Å². The van der Waals surface area contributed by atoms with Gasteiger partial charge in [-0.2, -0.15) is 5.26 Å². The lowest BCUT2D eigenvalue weighted by Gasteiger charge is -2.09. The number of hydrogen-bond donors (Lipinski definition) is 1. The maximum atomic E-state index is 12.1. The van der Waals surface area contributed by atoms with E-state index in [4.69, 9.17) is 31.1 Å². The van der Waals surface area contributed by atoms with Crippen LogP contribution in [0.4, 0.5) is 5.69 Å². The van der Waals surface area contributed by atoms with E-state index in [1.165, 1.54) is 20.3 Å². The molecular weight excluding hydrogens is 356 g/mol. The summed E-state index contributed by atoms with van der Waals surface area (Å²) in [7, 11) is 3.01. The molecule has 0 saturated heterocycles. The molecule has 1 N–H and O–H groups in total. The predicted molar refractivity (Wildman–Crippen MR) is 99.8 cm³/mol. The van der Waals surface area contributed by atoms with E-state index in [9.17, 15) is 4.79 Å². The van der Waals surface area contributed by atoms with Crippen LogP contribution in [0.15, 0.2) is 42.5 Å². The fraction of sp³-hybridized carbons (Fsp3) is 0.158.